The number of nitrogens with zero attached hydrogens (tertiary/aromatic N) is 2. The molecule has 0 bridgehead atoms. The first-order valence-corrected chi connectivity index (χ1v) is 6.45. The molecule has 110 valence electrons. The van der Waals surface area contributed by atoms with E-state index >= 15 is 0 Å². The number of nitrogens with one attached hydrogen (secondary N) is 1. The molecular weight excluding hydrogens is 250 g/mol. The molecule has 1 fully saturated rings. The lowest BCUT2D eigenvalue weighted by molar-refractivity contribution is -0.141. The molecule has 0 aromatic carbocycles. The van der Waals surface area contributed by atoms with Crippen LogP contribution in [0.5, 0.6) is 0 Å². The molecule has 1 unspecified atom stereocenters. The van der Waals surface area contributed by atoms with Crippen LogP contribution in [0.2, 0.25) is 0 Å². The fourth-order valence-corrected chi connectivity index (χ4v) is 2.32. The zero-order chi connectivity index (χ0) is 14.6. The number of carbonyl (C=O) groups excluding carboxylic acids is 1. The van der Waals surface area contributed by atoms with Crippen molar-refractivity contribution in [2.24, 2.45) is 0 Å². The highest BCUT2D eigenvalue weighted by atomic mass is 16.4. The van der Waals surface area contributed by atoms with Gasteiger partial charge in [0.05, 0.1) is 6.10 Å². The minimum absolute atomic E-state index is 0.0958. The molecule has 0 saturated carbocycles. The molecule has 0 aliphatic carbocycles. The van der Waals surface area contributed by atoms with E-state index in [-0.39, 0.29) is 6.04 Å². The summed E-state index contributed by atoms with van der Waals surface area (Å²) in [6, 6.07) is -1.59. The van der Waals surface area contributed by atoms with E-state index in [1.165, 1.54) is 6.92 Å². The SMILES string of the molecule is C[C@@H](O)[C@H](NC(=O)N1CCCC1CN(C)C)C(=O)O. The van der Waals surface area contributed by atoms with Crippen molar-refractivity contribution in [1.29, 1.82) is 0 Å². The molecule has 7 nitrogen and oxygen atoms in total. The number of urea groups is 1. The van der Waals surface area contributed by atoms with Crippen molar-refractivity contribution >= 4 is 12.0 Å². The van der Waals surface area contributed by atoms with Gasteiger partial charge in [0.15, 0.2) is 6.04 Å². The van der Waals surface area contributed by atoms with Crippen LogP contribution in [0.3, 0.4) is 0 Å². The van der Waals surface area contributed by atoms with Gasteiger partial charge in [-0.15, -0.1) is 0 Å². The Morgan fingerprint density at radius 2 is 2.11 bits per heavy atom. The molecule has 1 rings (SSSR count). The first-order valence-electron chi connectivity index (χ1n) is 6.45. The molecule has 1 aliphatic rings. The number of rotatable bonds is 5. The number of carboxylic acid groups (broad SMARTS) is 1. The summed E-state index contributed by atoms with van der Waals surface area (Å²) in [6.07, 6.45) is 0.701. The summed E-state index contributed by atoms with van der Waals surface area (Å²) in [5.74, 6) is -1.23. The van der Waals surface area contributed by atoms with Crippen LogP contribution in [0.15, 0.2) is 0 Å². The van der Waals surface area contributed by atoms with Crippen LogP contribution in [0.1, 0.15) is 19.8 Å². The van der Waals surface area contributed by atoms with E-state index < -0.39 is 24.1 Å². The summed E-state index contributed by atoms with van der Waals surface area (Å²) in [7, 11) is 3.87. The van der Waals surface area contributed by atoms with Crippen molar-refractivity contribution in [2.75, 3.05) is 27.2 Å². The van der Waals surface area contributed by atoms with Crippen LogP contribution in [0.4, 0.5) is 4.79 Å². The Morgan fingerprint density at radius 3 is 2.58 bits per heavy atom. The van der Waals surface area contributed by atoms with E-state index in [4.69, 9.17) is 5.11 Å². The second-order valence-electron chi connectivity index (χ2n) is 5.26. The summed E-state index contributed by atoms with van der Waals surface area (Å²) < 4.78 is 0. The zero-order valence-electron chi connectivity index (χ0n) is 11.7. The highest BCUT2D eigenvalue weighted by Crippen LogP contribution is 2.18. The number of likely N-dealkylation sites (tertiary alicyclic amines) is 1. The molecule has 2 amide bonds. The van der Waals surface area contributed by atoms with Gasteiger partial charge in [-0.1, -0.05) is 0 Å². The summed E-state index contributed by atoms with van der Waals surface area (Å²) in [4.78, 5) is 26.7. The molecule has 1 saturated heterocycles. The fourth-order valence-electron chi connectivity index (χ4n) is 2.32. The molecule has 0 aromatic heterocycles. The Morgan fingerprint density at radius 1 is 1.47 bits per heavy atom. The van der Waals surface area contributed by atoms with Gasteiger partial charge in [-0.2, -0.15) is 0 Å². The maximum atomic E-state index is 12.1. The largest absolute Gasteiger partial charge is 0.480 e. The standard InChI is InChI=1S/C12H23N3O4/c1-8(16)10(11(17)18)13-12(19)15-6-4-5-9(15)7-14(2)3/h8-10,16H,4-7H2,1-3H3,(H,13,19)(H,17,18)/t8-,9?,10+/m1/s1. The van der Waals surface area contributed by atoms with Crippen molar-refractivity contribution < 1.29 is 19.8 Å². The number of amides is 2. The third-order valence-electron chi connectivity index (χ3n) is 3.24. The molecule has 0 aromatic rings. The van der Waals surface area contributed by atoms with Crippen molar-refractivity contribution in [3.8, 4) is 0 Å². The van der Waals surface area contributed by atoms with E-state index in [1.807, 2.05) is 19.0 Å². The van der Waals surface area contributed by atoms with Gasteiger partial charge in [-0.25, -0.2) is 9.59 Å². The van der Waals surface area contributed by atoms with Crippen molar-refractivity contribution in [2.45, 2.75) is 38.0 Å². The van der Waals surface area contributed by atoms with Gasteiger partial charge in [0, 0.05) is 19.1 Å². The quantitative estimate of drug-likeness (QED) is 0.631. The molecule has 3 N–H and O–H groups in total. The van der Waals surface area contributed by atoms with Crippen LogP contribution >= 0.6 is 0 Å². The number of aliphatic carboxylic acids is 1. The van der Waals surface area contributed by atoms with E-state index in [0.717, 1.165) is 19.4 Å². The highest BCUT2D eigenvalue weighted by Gasteiger charge is 2.32. The summed E-state index contributed by atoms with van der Waals surface area (Å²) in [6.45, 7) is 2.72. The van der Waals surface area contributed by atoms with Crippen LogP contribution in [-0.4, -0.2) is 77.4 Å². The van der Waals surface area contributed by atoms with E-state index in [2.05, 4.69) is 5.32 Å². The highest BCUT2D eigenvalue weighted by molar-refractivity contribution is 5.83. The van der Waals surface area contributed by atoms with Gasteiger partial charge >= 0.3 is 12.0 Å². The van der Waals surface area contributed by atoms with Gasteiger partial charge < -0.3 is 25.3 Å². The van der Waals surface area contributed by atoms with Gasteiger partial charge in [0.25, 0.3) is 0 Å². The number of carbonyl (C=O) groups is 2. The van der Waals surface area contributed by atoms with Crippen molar-refractivity contribution in [3.05, 3.63) is 0 Å². The predicted octanol–water partition coefficient (Wildman–Crippen LogP) is -0.444. The monoisotopic (exact) mass is 273 g/mol. The number of carboxylic acids is 1. The van der Waals surface area contributed by atoms with Crippen LogP contribution in [-0.2, 0) is 4.79 Å². The maximum Gasteiger partial charge on any atom is 0.328 e. The first-order chi connectivity index (χ1) is 8.82. The molecular formula is C12H23N3O4. The summed E-state index contributed by atoms with van der Waals surface area (Å²) in [5.41, 5.74) is 0. The Bertz CT molecular complexity index is 333. The minimum Gasteiger partial charge on any atom is -0.480 e. The van der Waals surface area contributed by atoms with E-state index in [9.17, 15) is 14.7 Å². The molecule has 3 atom stereocenters. The predicted molar refractivity (Wildman–Crippen MR) is 69.9 cm³/mol. The van der Waals surface area contributed by atoms with Gasteiger partial charge in [0.2, 0.25) is 0 Å². The second-order valence-corrected chi connectivity index (χ2v) is 5.26. The fraction of sp³-hybridized carbons (Fsp3) is 0.833. The molecule has 7 heteroatoms. The number of hydrogen-bond donors (Lipinski definition) is 3. The lowest BCUT2D eigenvalue weighted by Crippen LogP contribution is -2.54. The third kappa shape index (κ3) is 4.36. The van der Waals surface area contributed by atoms with Gasteiger partial charge in [-0.05, 0) is 33.9 Å². The lowest BCUT2D eigenvalue weighted by Gasteiger charge is -2.29. The van der Waals surface area contributed by atoms with Gasteiger partial charge in [0.1, 0.15) is 0 Å². The average molecular weight is 273 g/mol. The van der Waals surface area contributed by atoms with Crippen LogP contribution in [0, 0.1) is 0 Å². The average Bonchev–Trinajstić information content (AvgIpc) is 2.71. The minimum atomic E-state index is -1.27. The Labute approximate surface area is 113 Å². The number of aliphatic hydroxyl groups is 1. The smallest absolute Gasteiger partial charge is 0.328 e. The second kappa shape index (κ2) is 6.72. The summed E-state index contributed by atoms with van der Waals surface area (Å²) in [5, 5.41) is 20.7. The van der Waals surface area contributed by atoms with E-state index in [0.29, 0.717) is 6.54 Å². The van der Waals surface area contributed by atoms with Crippen LogP contribution in [0.25, 0.3) is 0 Å². The molecule has 1 heterocycles. The molecule has 1 aliphatic heterocycles. The molecule has 0 spiro atoms. The number of likely N-dealkylation sites (N-methyl/N-ethyl adjacent to an activating group) is 1. The lowest BCUT2D eigenvalue weighted by atomic mass is 10.2. The first kappa shape index (κ1) is 15.7. The summed E-state index contributed by atoms with van der Waals surface area (Å²) >= 11 is 0. The number of aliphatic hydroxyl groups excluding tert-OH is 1. The third-order valence-corrected chi connectivity index (χ3v) is 3.24. The Balaban J connectivity index is 2.63. The Kier molecular flexibility index (Phi) is 5.56. The normalized spacial score (nSPS) is 22.4. The van der Waals surface area contributed by atoms with E-state index in [1.54, 1.807) is 4.90 Å². The van der Waals surface area contributed by atoms with Crippen molar-refractivity contribution in [3.63, 3.8) is 0 Å². The Hall–Kier alpha value is -1.34. The van der Waals surface area contributed by atoms with Crippen molar-refractivity contribution in [1.82, 2.24) is 15.1 Å². The van der Waals surface area contributed by atoms with Crippen LogP contribution < -0.4 is 5.32 Å². The topological polar surface area (TPSA) is 93.1 Å². The molecule has 19 heavy (non-hydrogen) atoms. The maximum absolute atomic E-state index is 12.1. The molecule has 0 radical (unpaired) electrons. The number of hydrogen-bond acceptors (Lipinski definition) is 4. The van der Waals surface area contributed by atoms with Gasteiger partial charge in [-0.3, -0.25) is 0 Å². The zero-order valence-corrected chi connectivity index (χ0v) is 11.7.